The van der Waals surface area contributed by atoms with E-state index < -0.39 is 0 Å². The van der Waals surface area contributed by atoms with Gasteiger partial charge in [0.1, 0.15) is 0 Å². The SMILES string of the molecule is CC1CC2CC3(C)CC4CC3C4C12. The molecule has 5 aliphatic carbocycles. The minimum Gasteiger partial charge on any atom is -0.0622 e. The van der Waals surface area contributed by atoms with Crippen LogP contribution in [0.15, 0.2) is 0 Å². The molecule has 0 aromatic carbocycles. The molecule has 5 aliphatic rings. The van der Waals surface area contributed by atoms with E-state index in [9.17, 15) is 0 Å². The summed E-state index contributed by atoms with van der Waals surface area (Å²) >= 11 is 0. The molecule has 0 nitrogen and oxygen atoms in total. The molecule has 0 spiro atoms. The van der Waals surface area contributed by atoms with Gasteiger partial charge >= 0.3 is 0 Å². The minimum atomic E-state index is 0.816. The van der Waals surface area contributed by atoms with E-state index in [1.54, 1.807) is 25.7 Å². The summed E-state index contributed by atoms with van der Waals surface area (Å²) in [6, 6.07) is 0. The van der Waals surface area contributed by atoms with Crippen molar-refractivity contribution in [3.63, 3.8) is 0 Å². The summed E-state index contributed by atoms with van der Waals surface area (Å²) in [7, 11) is 0. The summed E-state index contributed by atoms with van der Waals surface area (Å²) in [5.74, 6) is 6.97. The standard InChI is InChI=1S/C13H20/c1-7-3-8-5-13(2)6-9-4-10(13)12(9)11(7)8/h7-12H,3-6H2,1-2H3. The lowest BCUT2D eigenvalue weighted by atomic mass is 9.45. The fourth-order valence-electron chi connectivity index (χ4n) is 5.88. The third kappa shape index (κ3) is 0.620. The molecule has 7 unspecified atom stereocenters. The van der Waals surface area contributed by atoms with Crippen LogP contribution in [-0.4, -0.2) is 0 Å². The van der Waals surface area contributed by atoms with Crippen molar-refractivity contribution in [2.24, 2.45) is 40.9 Å². The Bertz CT molecular complexity index is 269. The molecule has 5 saturated carbocycles. The van der Waals surface area contributed by atoms with Crippen molar-refractivity contribution in [1.29, 1.82) is 0 Å². The number of fused-ring (bicyclic) bond motifs is 1. The van der Waals surface area contributed by atoms with Crippen molar-refractivity contribution in [3.05, 3.63) is 0 Å². The number of rotatable bonds is 0. The highest BCUT2D eigenvalue weighted by molar-refractivity contribution is 5.17. The summed E-state index contributed by atoms with van der Waals surface area (Å²) in [5, 5.41) is 0. The van der Waals surface area contributed by atoms with E-state index in [-0.39, 0.29) is 0 Å². The monoisotopic (exact) mass is 176 g/mol. The van der Waals surface area contributed by atoms with Crippen LogP contribution in [0.4, 0.5) is 0 Å². The molecule has 0 amide bonds. The fourth-order valence-corrected chi connectivity index (χ4v) is 5.88. The Morgan fingerprint density at radius 2 is 1.69 bits per heavy atom. The predicted octanol–water partition coefficient (Wildman–Crippen LogP) is 3.32. The largest absolute Gasteiger partial charge is 0.0622 e. The summed E-state index contributed by atoms with van der Waals surface area (Å²) in [4.78, 5) is 0. The van der Waals surface area contributed by atoms with Crippen molar-refractivity contribution in [1.82, 2.24) is 0 Å². The highest BCUT2D eigenvalue weighted by Crippen LogP contribution is 2.75. The van der Waals surface area contributed by atoms with Gasteiger partial charge in [-0.25, -0.2) is 0 Å². The Kier molecular flexibility index (Phi) is 1.04. The van der Waals surface area contributed by atoms with Gasteiger partial charge in [0.05, 0.1) is 0 Å². The van der Waals surface area contributed by atoms with Gasteiger partial charge in [0, 0.05) is 0 Å². The third-order valence-corrected chi connectivity index (χ3v) is 6.24. The molecular formula is C13H20. The van der Waals surface area contributed by atoms with Crippen LogP contribution < -0.4 is 0 Å². The Morgan fingerprint density at radius 1 is 1.00 bits per heavy atom. The Hall–Kier alpha value is 0. The Morgan fingerprint density at radius 3 is 2.38 bits per heavy atom. The average molecular weight is 176 g/mol. The third-order valence-electron chi connectivity index (χ3n) is 6.24. The van der Waals surface area contributed by atoms with Gasteiger partial charge in [0.15, 0.2) is 0 Å². The van der Waals surface area contributed by atoms with E-state index in [1.807, 2.05) is 0 Å². The topological polar surface area (TPSA) is 0 Å². The van der Waals surface area contributed by atoms with Gasteiger partial charge in [0.2, 0.25) is 0 Å². The van der Waals surface area contributed by atoms with Crippen molar-refractivity contribution < 1.29 is 0 Å². The molecule has 0 aromatic rings. The maximum absolute atomic E-state index is 2.59. The van der Waals surface area contributed by atoms with Gasteiger partial charge in [-0.15, -0.1) is 0 Å². The van der Waals surface area contributed by atoms with Crippen LogP contribution in [0.1, 0.15) is 39.5 Å². The number of hydrogen-bond acceptors (Lipinski definition) is 0. The molecule has 5 fully saturated rings. The van der Waals surface area contributed by atoms with Crippen molar-refractivity contribution >= 4 is 0 Å². The predicted molar refractivity (Wildman–Crippen MR) is 53.2 cm³/mol. The first-order valence-corrected chi connectivity index (χ1v) is 6.19. The van der Waals surface area contributed by atoms with Crippen LogP contribution in [0.5, 0.6) is 0 Å². The molecule has 0 N–H and O–H groups in total. The van der Waals surface area contributed by atoms with Crippen LogP contribution in [-0.2, 0) is 0 Å². The summed E-state index contributed by atoms with van der Waals surface area (Å²) < 4.78 is 0. The number of hydrogen-bond donors (Lipinski definition) is 0. The molecule has 0 aromatic heterocycles. The first-order chi connectivity index (χ1) is 6.19. The molecule has 5 rings (SSSR count). The highest BCUT2D eigenvalue weighted by Gasteiger charge is 2.68. The van der Waals surface area contributed by atoms with Crippen molar-refractivity contribution in [3.8, 4) is 0 Å². The quantitative estimate of drug-likeness (QED) is 0.531. The van der Waals surface area contributed by atoms with Gasteiger partial charge in [-0.05, 0) is 66.6 Å². The minimum absolute atomic E-state index is 0.816. The fraction of sp³-hybridized carbons (Fsp3) is 1.00. The summed E-state index contributed by atoms with van der Waals surface area (Å²) in [6.45, 7) is 5.10. The molecule has 0 heteroatoms. The van der Waals surface area contributed by atoms with Crippen LogP contribution in [0, 0.1) is 40.9 Å². The van der Waals surface area contributed by atoms with Gasteiger partial charge in [-0.3, -0.25) is 0 Å². The van der Waals surface area contributed by atoms with Gasteiger partial charge in [-0.2, -0.15) is 0 Å². The van der Waals surface area contributed by atoms with E-state index in [2.05, 4.69) is 13.8 Å². The van der Waals surface area contributed by atoms with E-state index in [4.69, 9.17) is 0 Å². The lowest BCUT2D eigenvalue weighted by molar-refractivity contribution is -0.118. The van der Waals surface area contributed by atoms with Crippen LogP contribution >= 0.6 is 0 Å². The molecule has 72 valence electrons. The zero-order valence-electron chi connectivity index (χ0n) is 8.79. The Labute approximate surface area is 81.1 Å². The molecule has 0 aliphatic heterocycles. The molecule has 13 heavy (non-hydrogen) atoms. The van der Waals surface area contributed by atoms with Gasteiger partial charge in [0.25, 0.3) is 0 Å². The van der Waals surface area contributed by atoms with Crippen LogP contribution in [0.2, 0.25) is 0 Å². The molecule has 0 radical (unpaired) electrons. The second-order valence-corrected chi connectivity index (χ2v) is 6.79. The summed E-state index contributed by atoms with van der Waals surface area (Å²) in [6.07, 6.45) is 6.37. The second-order valence-electron chi connectivity index (χ2n) is 6.79. The van der Waals surface area contributed by atoms with Crippen molar-refractivity contribution in [2.45, 2.75) is 39.5 Å². The second kappa shape index (κ2) is 1.85. The maximum atomic E-state index is 2.59. The van der Waals surface area contributed by atoms with Crippen LogP contribution in [0.25, 0.3) is 0 Å². The normalized spacial score (nSPS) is 72.5. The van der Waals surface area contributed by atoms with Gasteiger partial charge < -0.3 is 0 Å². The zero-order chi connectivity index (χ0) is 8.79. The van der Waals surface area contributed by atoms with E-state index in [1.165, 1.54) is 23.7 Å². The lowest BCUT2D eigenvalue weighted by Crippen LogP contribution is -2.54. The smallest absolute Gasteiger partial charge is 0.0289 e. The van der Waals surface area contributed by atoms with Crippen LogP contribution in [0.3, 0.4) is 0 Å². The van der Waals surface area contributed by atoms with E-state index in [0.29, 0.717) is 0 Å². The molecule has 0 saturated heterocycles. The Balaban J connectivity index is 1.75. The highest BCUT2D eigenvalue weighted by atomic mass is 14.7. The van der Waals surface area contributed by atoms with E-state index >= 15 is 0 Å². The zero-order valence-corrected chi connectivity index (χ0v) is 8.79. The van der Waals surface area contributed by atoms with Crippen molar-refractivity contribution in [2.75, 3.05) is 0 Å². The molecular weight excluding hydrogens is 156 g/mol. The summed E-state index contributed by atoms with van der Waals surface area (Å²) in [5.41, 5.74) is 0.816. The maximum Gasteiger partial charge on any atom is -0.0289 e. The molecule has 7 atom stereocenters. The average Bonchev–Trinajstić information content (AvgIpc) is 2.47. The lowest BCUT2D eigenvalue weighted by Gasteiger charge is -2.60. The van der Waals surface area contributed by atoms with E-state index in [0.717, 1.165) is 17.3 Å². The first-order valence-electron chi connectivity index (χ1n) is 6.19. The van der Waals surface area contributed by atoms with Gasteiger partial charge in [-0.1, -0.05) is 13.8 Å². The first kappa shape index (κ1) is 7.31. The molecule has 0 heterocycles. The molecule has 4 bridgehead atoms.